The van der Waals surface area contributed by atoms with Crippen molar-refractivity contribution in [3.8, 4) is 0 Å². The molecular formula is C13H17N3O4S2. The van der Waals surface area contributed by atoms with E-state index in [0.717, 1.165) is 4.90 Å². The SMILES string of the molecule is CN1C(=O)N(C)C2(CCN(S(=O)(=O)c3cccs3)CC2)C1=O. The molecular weight excluding hydrogens is 326 g/mol. The molecule has 0 saturated carbocycles. The maximum Gasteiger partial charge on any atom is 0.327 e. The first-order chi connectivity index (χ1) is 10.3. The monoisotopic (exact) mass is 343 g/mol. The number of carbonyl (C=O) groups excluding carboxylic acids is 2. The Morgan fingerprint density at radius 1 is 1.18 bits per heavy atom. The number of carbonyl (C=O) groups is 2. The van der Waals surface area contributed by atoms with E-state index in [0.29, 0.717) is 17.1 Å². The number of thiophene rings is 1. The summed E-state index contributed by atoms with van der Waals surface area (Å²) in [4.78, 5) is 26.9. The van der Waals surface area contributed by atoms with Crippen LogP contribution in [-0.4, -0.2) is 67.2 Å². The molecule has 9 heteroatoms. The van der Waals surface area contributed by atoms with Gasteiger partial charge in [-0.3, -0.25) is 9.69 Å². The molecule has 2 aliphatic heterocycles. The van der Waals surface area contributed by atoms with Crippen LogP contribution in [0.2, 0.25) is 0 Å². The lowest BCUT2D eigenvalue weighted by Crippen LogP contribution is -2.56. The van der Waals surface area contributed by atoms with Crippen LogP contribution in [0.25, 0.3) is 0 Å². The quantitative estimate of drug-likeness (QED) is 0.744. The highest BCUT2D eigenvalue weighted by molar-refractivity contribution is 7.91. The first kappa shape index (κ1) is 15.4. The molecule has 0 unspecified atom stereocenters. The van der Waals surface area contributed by atoms with E-state index >= 15 is 0 Å². The zero-order valence-electron chi connectivity index (χ0n) is 12.4. The summed E-state index contributed by atoms with van der Waals surface area (Å²) in [6.07, 6.45) is 0.645. The molecule has 1 aromatic rings. The highest BCUT2D eigenvalue weighted by Gasteiger charge is 2.56. The van der Waals surface area contributed by atoms with Crippen LogP contribution in [0.3, 0.4) is 0 Å². The van der Waals surface area contributed by atoms with Gasteiger partial charge in [-0.15, -0.1) is 11.3 Å². The number of urea groups is 1. The Bertz CT molecular complexity index is 706. The lowest BCUT2D eigenvalue weighted by molar-refractivity contribution is -0.133. The molecule has 0 bridgehead atoms. The molecule has 0 aromatic carbocycles. The summed E-state index contributed by atoms with van der Waals surface area (Å²) in [6, 6.07) is 2.94. The smallest absolute Gasteiger partial charge is 0.312 e. The highest BCUT2D eigenvalue weighted by Crippen LogP contribution is 2.37. The van der Waals surface area contributed by atoms with Gasteiger partial charge in [0.1, 0.15) is 9.75 Å². The van der Waals surface area contributed by atoms with E-state index < -0.39 is 15.6 Å². The van der Waals surface area contributed by atoms with Gasteiger partial charge in [0.25, 0.3) is 15.9 Å². The van der Waals surface area contributed by atoms with Crippen LogP contribution >= 0.6 is 11.3 Å². The third-order valence-electron chi connectivity index (χ3n) is 4.56. The van der Waals surface area contributed by atoms with Gasteiger partial charge in [-0.25, -0.2) is 13.2 Å². The average molecular weight is 343 g/mol. The van der Waals surface area contributed by atoms with Gasteiger partial charge < -0.3 is 4.90 Å². The number of sulfonamides is 1. The predicted octanol–water partition coefficient (Wildman–Crippen LogP) is 0.795. The van der Waals surface area contributed by atoms with Gasteiger partial charge in [0.15, 0.2) is 0 Å². The van der Waals surface area contributed by atoms with Crippen LogP contribution in [0.15, 0.2) is 21.7 Å². The first-order valence-electron chi connectivity index (χ1n) is 6.90. The average Bonchev–Trinajstić information content (AvgIpc) is 3.10. The van der Waals surface area contributed by atoms with E-state index in [1.807, 2.05) is 0 Å². The Hall–Kier alpha value is -1.45. The van der Waals surface area contributed by atoms with Crippen molar-refractivity contribution in [2.45, 2.75) is 22.6 Å². The molecule has 3 rings (SSSR count). The molecule has 0 radical (unpaired) electrons. The molecule has 2 fully saturated rings. The van der Waals surface area contributed by atoms with Crippen molar-refractivity contribution >= 4 is 33.3 Å². The van der Waals surface area contributed by atoms with Gasteiger partial charge >= 0.3 is 6.03 Å². The third kappa shape index (κ3) is 1.99. The minimum atomic E-state index is -3.50. The number of likely N-dealkylation sites (N-methyl/N-ethyl adjacent to an activating group) is 2. The maximum atomic E-state index is 12.5. The summed E-state index contributed by atoms with van der Waals surface area (Å²) in [6.45, 7) is 0.467. The summed E-state index contributed by atoms with van der Waals surface area (Å²) >= 11 is 1.18. The topological polar surface area (TPSA) is 78.0 Å². The zero-order chi connectivity index (χ0) is 16.1. The van der Waals surface area contributed by atoms with Crippen LogP contribution in [-0.2, 0) is 14.8 Å². The van der Waals surface area contributed by atoms with Crippen molar-refractivity contribution in [3.05, 3.63) is 17.5 Å². The molecule has 2 saturated heterocycles. The number of imide groups is 1. The summed E-state index contributed by atoms with van der Waals surface area (Å²) in [5.41, 5.74) is -0.896. The van der Waals surface area contributed by atoms with Crippen LogP contribution in [0.4, 0.5) is 4.79 Å². The van der Waals surface area contributed by atoms with Crippen molar-refractivity contribution in [2.24, 2.45) is 0 Å². The fourth-order valence-electron chi connectivity index (χ4n) is 3.13. The minimum Gasteiger partial charge on any atom is -0.312 e. The summed E-state index contributed by atoms with van der Waals surface area (Å²) in [5, 5.41) is 1.72. The Morgan fingerprint density at radius 3 is 2.27 bits per heavy atom. The lowest BCUT2D eigenvalue weighted by Gasteiger charge is -2.40. The van der Waals surface area contributed by atoms with Gasteiger partial charge in [0, 0.05) is 27.2 Å². The molecule has 7 nitrogen and oxygen atoms in total. The molecule has 3 amide bonds. The Morgan fingerprint density at radius 2 is 1.82 bits per heavy atom. The van der Waals surface area contributed by atoms with Gasteiger partial charge in [-0.1, -0.05) is 6.07 Å². The number of piperidine rings is 1. The lowest BCUT2D eigenvalue weighted by atomic mass is 9.87. The van der Waals surface area contributed by atoms with Gasteiger partial charge in [0.05, 0.1) is 0 Å². The Labute approximate surface area is 133 Å². The second-order valence-electron chi connectivity index (χ2n) is 5.57. The molecule has 3 heterocycles. The molecule has 120 valence electrons. The molecule has 22 heavy (non-hydrogen) atoms. The highest BCUT2D eigenvalue weighted by atomic mass is 32.2. The van der Waals surface area contributed by atoms with Crippen molar-refractivity contribution in [2.75, 3.05) is 27.2 Å². The summed E-state index contributed by atoms with van der Waals surface area (Å²) in [5.74, 6) is -0.242. The molecule has 1 aromatic heterocycles. The van der Waals surface area contributed by atoms with Gasteiger partial charge in [-0.2, -0.15) is 4.31 Å². The first-order valence-corrected chi connectivity index (χ1v) is 9.22. The number of hydrogen-bond acceptors (Lipinski definition) is 5. The summed E-state index contributed by atoms with van der Waals surface area (Å²) in [7, 11) is -0.436. The number of rotatable bonds is 2. The van der Waals surface area contributed by atoms with E-state index in [4.69, 9.17) is 0 Å². The van der Waals surface area contributed by atoms with Crippen molar-refractivity contribution in [1.29, 1.82) is 0 Å². The maximum absolute atomic E-state index is 12.5. The minimum absolute atomic E-state index is 0.234. The van der Waals surface area contributed by atoms with Crippen LogP contribution in [0, 0.1) is 0 Å². The van der Waals surface area contributed by atoms with Crippen molar-refractivity contribution < 1.29 is 18.0 Å². The predicted molar refractivity (Wildman–Crippen MR) is 81.0 cm³/mol. The van der Waals surface area contributed by atoms with Crippen molar-refractivity contribution in [1.82, 2.24) is 14.1 Å². The fourth-order valence-corrected chi connectivity index (χ4v) is 5.72. The molecule has 1 spiro atoms. The van der Waals surface area contributed by atoms with E-state index in [2.05, 4.69) is 0 Å². The van der Waals surface area contributed by atoms with E-state index in [-0.39, 0.29) is 25.0 Å². The molecule has 0 N–H and O–H groups in total. The number of amides is 3. The van der Waals surface area contributed by atoms with Crippen LogP contribution in [0.5, 0.6) is 0 Å². The Balaban J connectivity index is 1.82. The van der Waals surface area contributed by atoms with E-state index in [1.165, 1.54) is 27.6 Å². The standard InChI is InChI=1S/C13H17N3O4S2/c1-14-11(17)13(15(2)12(14)18)5-7-16(8-6-13)22(19,20)10-4-3-9-21-10/h3-4,9H,5-8H2,1-2H3. The normalized spacial score (nSPS) is 22.8. The van der Waals surface area contributed by atoms with Crippen LogP contribution < -0.4 is 0 Å². The van der Waals surface area contributed by atoms with Gasteiger partial charge in [0.2, 0.25) is 0 Å². The second kappa shape index (κ2) is 5.04. The van der Waals surface area contributed by atoms with Crippen molar-refractivity contribution in [3.63, 3.8) is 0 Å². The van der Waals surface area contributed by atoms with E-state index in [1.54, 1.807) is 24.6 Å². The molecule has 0 aliphatic carbocycles. The summed E-state index contributed by atoms with van der Waals surface area (Å²) < 4.78 is 26.7. The molecule has 0 atom stereocenters. The second-order valence-corrected chi connectivity index (χ2v) is 8.69. The number of hydrogen-bond donors (Lipinski definition) is 0. The molecule has 2 aliphatic rings. The largest absolute Gasteiger partial charge is 0.327 e. The van der Waals surface area contributed by atoms with E-state index in [9.17, 15) is 18.0 Å². The van der Waals surface area contributed by atoms with Crippen LogP contribution in [0.1, 0.15) is 12.8 Å². The Kier molecular flexibility index (Phi) is 3.54. The zero-order valence-corrected chi connectivity index (χ0v) is 14.0. The fraction of sp³-hybridized carbons (Fsp3) is 0.538. The number of nitrogens with zero attached hydrogens (tertiary/aromatic N) is 3. The van der Waals surface area contributed by atoms with Gasteiger partial charge in [-0.05, 0) is 24.3 Å². The third-order valence-corrected chi connectivity index (χ3v) is 7.83.